The fraction of sp³-hybridized carbons (Fsp3) is 0.176. The third-order valence-corrected chi connectivity index (χ3v) is 3.82. The fourth-order valence-electron chi connectivity index (χ4n) is 1.92. The molecule has 124 valence electrons. The minimum atomic E-state index is -1.19. The normalized spacial score (nSPS) is 12.1. The van der Waals surface area contributed by atoms with Gasteiger partial charge in [-0.25, -0.2) is 4.98 Å². The summed E-state index contributed by atoms with van der Waals surface area (Å²) in [5.41, 5.74) is 0.752. The molecule has 0 aliphatic rings. The van der Waals surface area contributed by atoms with Gasteiger partial charge in [-0.3, -0.25) is 14.6 Å². The molecule has 0 amide bonds. The van der Waals surface area contributed by atoms with E-state index >= 15 is 0 Å². The molecule has 5 nitrogen and oxygen atoms in total. The number of hydrogen-bond donors (Lipinski definition) is 0. The van der Waals surface area contributed by atoms with Crippen LogP contribution in [0.25, 0.3) is 0 Å². The van der Waals surface area contributed by atoms with Crippen molar-refractivity contribution in [1.82, 2.24) is 4.98 Å². The minimum absolute atomic E-state index is 0.0349. The molecule has 2 aromatic rings. The summed E-state index contributed by atoms with van der Waals surface area (Å²) >= 11 is 9.29. The van der Waals surface area contributed by atoms with Gasteiger partial charge in [0, 0.05) is 16.9 Å². The van der Waals surface area contributed by atoms with Crippen LogP contribution in [-0.4, -0.2) is 29.6 Å². The average Bonchev–Trinajstić information content (AvgIpc) is 2.55. The summed E-state index contributed by atoms with van der Waals surface area (Å²) in [5.74, 6) is -2.38. The Hall–Kier alpha value is -2.05. The Morgan fingerprint density at radius 2 is 2.17 bits per heavy atom. The zero-order chi connectivity index (χ0) is 17.5. The first kappa shape index (κ1) is 18.3. The van der Waals surface area contributed by atoms with E-state index in [4.69, 9.17) is 16.3 Å². The molecular weight excluding hydrogens is 396 g/mol. The molecule has 0 radical (unpaired) electrons. The lowest BCUT2D eigenvalue weighted by molar-refractivity contribution is -0.143. The van der Waals surface area contributed by atoms with Gasteiger partial charge < -0.3 is 4.74 Å². The second kappa shape index (κ2) is 8.70. The molecule has 0 spiro atoms. The highest BCUT2D eigenvalue weighted by molar-refractivity contribution is 9.10. The van der Waals surface area contributed by atoms with E-state index in [0.29, 0.717) is 5.69 Å². The van der Waals surface area contributed by atoms with Crippen LogP contribution in [0.1, 0.15) is 17.3 Å². The molecule has 0 aliphatic carbocycles. The van der Waals surface area contributed by atoms with Crippen molar-refractivity contribution < 1.29 is 14.3 Å². The summed E-state index contributed by atoms with van der Waals surface area (Å²) in [6, 6.07) is 10.3. The summed E-state index contributed by atoms with van der Waals surface area (Å²) < 4.78 is 5.81. The molecule has 1 unspecified atom stereocenters. The Bertz CT molecular complexity index is 780. The van der Waals surface area contributed by atoms with Gasteiger partial charge in [0.25, 0.3) is 0 Å². The summed E-state index contributed by atoms with van der Waals surface area (Å²) in [6.07, 6.45) is 2.74. The number of carbonyl (C=O) groups excluding carboxylic acids is 2. The van der Waals surface area contributed by atoms with Crippen molar-refractivity contribution in [3.63, 3.8) is 0 Å². The molecule has 24 heavy (non-hydrogen) atoms. The van der Waals surface area contributed by atoms with Crippen LogP contribution in [0.5, 0.6) is 0 Å². The lowest BCUT2D eigenvalue weighted by Gasteiger charge is -2.11. The monoisotopic (exact) mass is 408 g/mol. The predicted molar refractivity (Wildman–Crippen MR) is 96.0 cm³/mol. The average molecular weight is 410 g/mol. The van der Waals surface area contributed by atoms with Crippen LogP contribution in [0.4, 0.5) is 5.69 Å². The zero-order valence-electron chi connectivity index (χ0n) is 12.8. The molecule has 1 aromatic carbocycles. The van der Waals surface area contributed by atoms with Gasteiger partial charge in [-0.2, -0.15) is 0 Å². The van der Waals surface area contributed by atoms with E-state index in [2.05, 4.69) is 25.9 Å². The van der Waals surface area contributed by atoms with E-state index < -0.39 is 17.7 Å². The topological polar surface area (TPSA) is 68.6 Å². The molecule has 0 N–H and O–H groups in total. The van der Waals surface area contributed by atoms with Gasteiger partial charge >= 0.3 is 5.97 Å². The molecule has 1 atom stereocenters. The van der Waals surface area contributed by atoms with Gasteiger partial charge in [0.15, 0.2) is 11.7 Å². The van der Waals surface area contributed by atoms with E-state index in [-0.39, 0.29) is 17.3 Å². The second-order valence-electron chi connectivity index (χ2n) is 4.69. The Balaban J connectivity index is 2.33. The quantitative estimate of drug-likeness (QED) is 0.235. The molecule has 0 aliphatic heterocycles. The number of ketones is 1. The number of aromatic nitrogens is 1. The van der Waals surface area contributed by atoms with Crippen molar-refractivity contribution in [2.45, 2.75) is 6.92 Å². The van der Waals surface area contributed by atoms with Gasteiger partial charge in [0.05, 0.1) is 17.9 Å². The van der Waals surface area contributed by atoms with Crippen LogP contribution in [-0.2, 0) is 9.53 Å². The summed E-state index contributed by atoms with van der Waals surface area (Å²) in [7, 11) is 0. The van der Waals surface area contributed by atoms with Crippen LogP contribution >= 0.6 is 27.5 Å². The number of rotatable bonds is 6. The highest BCUT2D eigenvalue weighted by atomic mass is 79.9. The maximum Gasteiger partial charge on any atom is 0.322 e. The number of esters is 1. The van der Waals surface area contributed by atoms with E-state index in [9.17, 15) is 9.59 Å². The standard InChI is InChI=1S/C17H14BrClN2O3/c1-2-24-17(23)14(10-21-12-6-3-5-11(18)9-12)15(22)13-7-4-8-20-16(13)19/h3-10,14H,2H2,1H3. The Kier molecular flexibility index (Phi) is 6.63. The van der Waals surface area contributed by atoms with Gasteiger partial charge in [-0.15, -0.1) is 0 Å². The van der Waals surface area contributed by atoms with Crippen molar-refractivity contribution in [3.05, 3.63) is 57.8 Å². The van der Waals surface area contributed by atoms with E-state index in [1.54, 1.807) is 31.2 Å². The minimum Gasteiger partial charge on any atom is -0.465 e. The number of hydrogen-bond acceptors (Lipinski definition) is 5. The van der Waals surface area contributed by atoms with Crippen molar-refractivity contribution in [2.75, 3.05) is 6.61 Å². The molecule has 7 heteroatoms. The molecule has 1 heterocycles. The van der Waals surface area contributed by atoms with Crippen molar-refractivity contribution in [2.24, 2.45) is 10.9 Å². The summed E-state index contributed by atoms with van der Waals surface area (Å²) in [6.45, 7) is 1.83. The maximum absolute atomic E-state index is 12.6. The third-order valence-electron chi connectivity index (χ3n) is 3.03. The van der Waals surface area contributed by atoms with E-state index in [0.717, 1.165) is 4.47 Å². The fourth-order valence-corrected chi connectivity index (χ4v) is 2.52. The molecule has 2 rings (SSSR count). The lowest BCUT2D eigenvalue weighted by Crippen LogP contribution is -2.28. The zero-order valence-corrected chi connectivity index (χ0v) is 15.1. The smallest absolute Gasteiger partial charge is 0.322 e. The maximum atomic E-state index is 12.6. The van der Waals surface area contributed by atoms with Gasteiger partial charge in [0.1, 0.15) is 5.15 Å². The van der Waals surface area contributed by atoms with Crippen LogP contribution in [0.3, 0.4) is 0 Å². The number of Topliss-reactive ketones (excluding diaryl/α,β-unsaturated/α-hetero) is 1. The number of halogens is 2. The van der Waals surface area contributed by atoms with Crippen LogP contribution in [0, 0.1) is 5.92 Å². The molecule has 0 saturated carbocycles. The van der Waals surface area contributed by atoms with Crippen LogP contribution in [0.15, 0.2) is 52.1 Å². The molecule has 0 bridgehead atoms. The number of benzene rings is 1. The molecule has 0 fully saturated rings. The van der Waals surface area contributed by atoms with Crippen LogP contribution < -0.4 is 0 Å². The molecular formula is C17H14BrClN2O3. The number of carbonyl (C=O) groups is 2. The number of nitrogens with zero attached hydrogens (tertiary/aromatic N) is 2. The predicted octanol–water partition coefficient (Wildman–Crippen LogP) is 4.26. The first-order chi connectivity index (χ1) is 11.5. The largest absolute Gasteiger partial charge is 0.465 e. The number of ether oxygens (including phenoxy) is 1. The van der Waals surface area contributed by atoms with Gasteiger partial charge in [-0.1, -0.05) is 33.6 Å². The third kappa shape index (κ3) is 4.72. The van der Waals surface area contributed by atoms with Gasteiger partial charge in [-0.05, 0) is 37.3 Å². The Labute approximate surface area is 152 Å². The Morgan fingerprint density at radius 1 is 1.38 bits per heavy atom. The SMILES string of the molecule is CCOC(=O)C(C=Nc1cccc(Br)c1)C(=O)c1cccnc1Cl. The second-order valence-corrected chi connectivity index (χ2v) is 5.97. The van der Waals surface area contributed by atoms with Gasteiger partial charge in [0.2, 0.25) is 0 Å². The molecule has 0 saturated heterocycles. The van der Waals surface area contributed by atoms with Crippen molar-refractivity contribution in [1.29, 1.82) is 0 Å². The molecule has 1 aromatic heterocycles. The van der Waals surface area contributed by atoms with Crippen molar-refractivity contribution in [3.8, 4) is 0 Å². The number of aliphatic imine (C=N–C) groups is 1. The number of pyridine rings is 1. The van der Waals surface area contributed by atoms with E-state index in [1.807, 2.05) is 6.07 Å². The highest BCUT2D eigenvalue weighted by Gasteiger charge is 2.29. The Morgan fingerprint density at radius 3 is 2.83 bits per heavy atom. The van der Waals surface area contributed by atoms with Crippen molar-refractivity contribution >= 4 is 51.2 Å². The lowest BCUT2D eigenvalue weighted by atomic mass is 10.00. The summed E-state index contributed by atoms with van der Waals surface area (Å²) in [5, 5.41) is 0.0349. The van der Waals surface area contributed by atoms with E-state index in [1.165, 1.54) is 18.5 Å². The first-order valence-electron chi connectivity index (χ1n) is 7.14. The first-order valence-corrected chi connectivity index (χ1v) is 8.31. The highest BCUT2D eigenvalue weighted by Crippen LogP contribution is 2.20. The van der Waals surface area contributed by atoms with Crippen LogP contribution in [0.2, 0.25) is 5.15 Å². The summed E-state index contributed by atoms with van der Waals surface area (Å²) in [4.78, 5) is 32.9.